The van der Waals surface area contributed by atoms with Gasteiger partial charge >= 0.3 is 0 Å². The second-order valence-corrected chi connectivity index (χ2v) is 5.35. The van der Waals surface area contributed by atoms with Crippen LogP contribution in [0.1, 0.15) is 4.88 Å². The van der Waals surface area contributed by atoms with Crippen molar-refractivity contribution in [2.24, 2.45) is 5.73 Å². The van der Waals surface area contributed by atoms with Gasteiger partial charge in [0.15, 0.2) is 0 Å². The first-order valence-electron chi connectivity index (χ1n) is 6.11. The van der Waals surface area contributed by atoms with Gasteiger partial charge in [0.25, 0.3) is 0 Å². The third-order valence-corrected chi connectivity index (χ3v) is 3.77. The SMILES string of the molecule is NCC1CN(CC(=O)NCc2cccs2)CCO1. The molecular weight excluding hydrogens is 250 g/mol. The maximum absolute atomic E-state index is 11.8. The molecule has 2 rings (SSSR count). The summed E-state index contributed by atoms with van der Waals surface area (Å²) in [5.41, 5.74) is 5.57. The summed E-state index contributed by atoms with van der Waals surface area (Å²) in [6.45, 7) is 3.73. The van der Waals surface area contributed by atoms with Crippen molar-refractivity contribution in [1.82, 2.24) is 10.2 Å². The lowest BCUT2D eigenvalue weighted by molar-refractivity contribution is -0.124. The molecule has 0 aromatic carbocycles. The van der Waals surface area contributed by atoms with Crippen molar-refractivity contribution in [3.63, 3.8) is 0 Å². The average molecular weight is 269 g/mol. The van der Waals surface area contributed by atoms with E-state index < -0.39 is 0 Å². The fourth-order valence-corrected chi connectivity index (χ4v) is 2.57. The lowest BCUT2D eigenvalue weighted by Gasteiger charge is -2.31. The van der Waals surface area contributed by atoms with Crippen molar-refractivity contribution in [3.05, 3.63) is 22.4 Å². The predicted octanol–water partition coefficient (Wildman–Crippen LogP) is 0.0238. The summed E-state index contributed by atoms with van der Waals surface area (Å²) >= 11 is 1.65. The third-order valence-electron chi connectivity index (χ3n) is 2.89. The second-order valence-electron chi connectivity index (χ2n) is 4.32. The Morgan fingerprint density at radius 3 is 3.28 bits per heavy atom. The molecule has 1 aliphatic rings. The van der Waals surface area contributed by atoms with Crippen LogP contribution >= 0.6 is 11.3 Å². The van der Waals surface area contributed by atoms with E-state index in [1.54, 1.807) is 11.3 Å². The molecule has 1 saturated heterocycles. The maximum Gasteiger partial charge on any atom is 0.234 e. The van der Waals surface area contributed by atoms with Gasteiger partial charge in [0, 0.05) is 24.5 Å². The highest BCUT2D eigenvalue weighted by atomic mass is 32.1. The van der Waals surface area contributed by atoms with Crippen molar-refractivity contribution in [1.29, 1.82) is 0 Å². The van der Waals surface area contributed by atoms with Crippen LogP contribution < -0.4 is 11.1 Å². The Bertz CT molecular complexity index is 369. The summed E-state index contributed by atoms with van der Waals surface area (Å²) in [5.74, 6) is 0.0565. The molecule has 3 N–H and O–H groups in total. The van der Waals surface area contributed by atoms with E-state index in [1.165, 1.54) is 4.88 Å². The number of hydrogen-bond donors (Lipinski definition) is 2. The predicted molar refractivity (Wildman–Crippen MR) is 71.4 cm³/mol. The van der Waals surface area contributed by atoms with Crippen LogP contribution in [-0.4, -0.2) is 49.7 Å². The minimum absolute atomic E-state index is 0.0565. The Kier molecular flexibility index (Phi) is 5.12. The molecule has 0 radical (unpaired) electrons. The van der Waals surface area contributed by atoms with Crippen LogP contribution in [0.3, 0.4) is 0 Å². The summed E-state index contributed by atoms with van der Waals surface area (Å²) in [6, 6.07) is 4.00. The molecule has 1 fully saturated rings. The normalized spacial score (nSPS) is 20.8. The number of ether oxygens (including phenoxy) is 1. The van der Waals surface area contributed by atoms with Crippen LogP contribution in [0.5, 0.6) is 0 Å². The second kappa shape index (κ2) is 6.84. The number of amides is 1. The van der Waals surface area contributed by atoms with Crippen molar-refractivity contribution < 1.29 is 9.53 Å². The highest BCUT2D eigenvalue weighted by molar-refractivity contribution is 7.09. The van der Waals surface area contributed by atoms with E-state index in [0.29, 0.717) is 26.2 Å². The molecule has 5 nitrogen and oxygen atoms in total. The molecule has 1 unspecified atom stereocenters. The van der Waals surface area contributed by atoms with E-state index in [9.17, 15) is 4.79 Å². The van der Waals surface area contributed by atoms with Gasteiger partial charge in [-0.25, -0.2) is 0 Å². The van der Waals surface area contributed by atoms with E-state index in [4.69, 9.17) is 10.5 Å². The number of thiophene rings is 1. The average Bonchev–Trinajstić information content (AvgIpc) is 2.90. The number of nitrogens with two attached hydrogens (primary N) is 1. The van der Waals surface area contributed by atoms with Gasteiger partial charge in [-0.2, -0.15) is 0 Å². The zero-order chi connectivity index (χ0) is 12.8. The maximum atomic E-state index is 11.8. The van der Waals surface area contributed by atoms with Gasteiger partial charge in [0.1, 0.15) is 0 Å². The summed E-state index contributed by atoms with van der Waals surface area (Å²) in [4.78, 5) is 15.0. The van der Waals surface area contributed by atoms with E-state index in [0.717, 1.165) is 13.1 Å². The number of nitrogens with one attached hydrogen (secondary N) is 1. The van der Waals surface area contributed by atoms with Gasteiger partial charge in [-0.05, 0) is 11.4 Å². The Labute approximate surface area is 111 Å². The van der Waals surface area contributed by atoms with Gasteiger partial charge in [0.05, 0.1) is 25.8 Å². The largest absolute Gasteiger partial charge is 0.374 e. The number of hydrogen-bond acceptors (Lipinski definition) is 5. The molecule has 0 saturated carbocycles. The Morgan fingerprint density at radius 2 is 2.56 bits per heavy atom. The van der Waals surface area contributed by atoms with E-state index in [1.807, 2.05) is 17.5 Å². The van der Waals surface area contributed by atoms with E-state index >= 15 is 0 Å². The molecule has 1 atom stereocenters. The van der Waals surface area contributed by atoms with Crippen LogP contribution in [0, 0.1) is 0 Å². The highest BCUT2D eigenvalue weighted by Gasteiger charge is 2.20. The van der Waals surface area contributed by atoms with Gasteiger partial charge in [-0.15, -0.1) is 11.3 Å². The molecule has 100 valence electrons. The molecule has 1 aromatic rings. The minimum atomic E-state index is 0.0565. The molecule has 2 heterocycles. The van der Waals surface area contributed by atoms with Crippen LogP contribution in [-0.2, 0) is 16.1 Å². The van der Waals surface area contributed by atoms with Crippen molar-refractivity contribution in [2.45, 2.75) is 12.6 Å². The number of morpholine rings is 1. The van der Waals surface area contributed by atoms with Crippen LogP contribution in [0.2, 0.25) is 0 Å². The lowest BCUT2D eigenvalue weighted by atomic mass is 10.2. The summed E-state index contributed by atoms with van der Waals surface area (Å²) < 4.78 is 5.46. The first kappa shape index (κ1) is 13.5. The zero-order valence-corrected chi connectivity index (χ0v) is 11.1. The molecule has 6 heteroatoms. The lowest BCUT2D eigenvalue weighted by Crippen LogP contribution is -2.48. The standard InChI is InChI=1S/C12H19N3O2S/c13-6-10-8-15(3-4-17-10)9-12(16)14-7-11-2-1-5-18-11/h1-2,5,10H,3-4,6-9,13H2,(H,14,16). The van der Waals surface area contributed by atoms with Crippen molar-refractivity contribution >= 4 is 17.2 Å². The quantitative estimate of drug-likeness (QED) is 0.791. The van der Waals surface area contributed by atoms with Gasteiger partial charge in [0.2, 0.25) is 5.91 Å². The fourth-order valence-electron chi connectivity index (χ4n) is 1.92. The first-order valence-corrected chi connectivity index (χ1v) is 6.99. The Balaban J connectivity index is 1.70. The summed E-state index contributed by atoms with van der Waals surface area (Å²) in [6.07, 6.45) is 0.0591. The molecule has 0 aliphatic carbocycles. The molecule has 0 bridgehead atoms. The molecule has 0 spiro atoms. The number of nitrogens with zero attached hydrogens (tertiary/aromatic N) is 1. The van der Waals surface area contributed by atoms with Crippen LogP contribution in [0.25, 0.3) is 0 Å². The minimum Gasteiger partial charge on any atom is -0.374 e. The first-order chi connectivity index (χ1) is 8.78. The van der Waals surface area contributed by atoms with Crippen molar-refractivity contribution in [2.75, 3.05) is 32.8 Å². The monoisotopic (exact) mass is 269 g/mol. The van der Waals surface area contributed by atoms with Crippen molar-refractivity contribution in [3.8, 4) is 0 Å². The molecule has 1 amide bonds. The van der Waals surface area contributed by atoms with Crippen LogP contribution in [0.4, 0.5) is 0 Å². The van der Waals surface area contributed by atoms with Gasteiger partial charge < -0.3 is 15.8 Å². The van der Waals surface area contributed by atoms with Gasteiger partial charge in [-0.3, -0.25) is 9.69 Å². The number of carbonyl (C=O) groups is 1. The van der Waals surface area contributed by atoms with Gasteiger partial charge in [-0.1, -0.05) is 6.07 Å². The third kappa shape index (κ3) is 4.06. The van der Waals surface area contributed by atoms with E-state index in [-0.39, 0.29) is 12.0 Å². The molecular formula is C12H19N3O2S. The highest BCUT2D eigenvalue weighted by Crippen LogP contribution is 2.07. The smallest absolute Gasteiger partial charge is 0.234 e. The zero-order valence-electron chi connectivity index (χ0n) is 10.3. The topological polar surface area (TPSA) is 67.6 Å². The number of rotatable bonds is 5. The van der Waals surface area contributed by atoms with E-state index in [2.05, 4.69) is 10.2 Å². The Hall–Kier alpha value is -0.950. The Morgan fingerprint density at radius 1 is 1.67 bits per heavy atom. The number of carbonyl (C=O) groups excluding carboxylic acids is 1. The molecule has 1 aliphatic heterocycles. The summed E-state index contributed by atoms with van der Waals surface area (Å²) in [7, 11) is 0. The summed E-state index contributed by atoms with van der Waals surface area (Å²) in [5, 5.41) is 4.93. The molecule has 18 heavy (non-hydrogen) atoms. The fraction of sp³-hybridized carbons (Fsp3) is 0.583. The van der Waals surface area contributed by atoms with Crippen LogP contribution in [0.15, 0.2) is 17.5 Å². The molecule has 1 aromatic heterocycles.